The van der Waals surface area contributed by atoms with Gasteiger partial charge in [-0.25, -0.2) is 4.79 Å². The summed E-state index contributed by atoms with van der Waals surface area (Å²) in [6.07, 6.45) is 4.52. The molecule has 2 aromatic carbocycles. The highest BCUT2D eigenvalue weighted by molar-refractivity contribution is 5.96. The smallest absolute Gasteiger partial charge is 0.326 e. The summed E-state index contributed by atoms with van der Waals surface area (Å²) >= 11 is 0. The third-order valence-corrected chi connectivity index (χ3v) is 9.73. The van der Waals surface area contributed by atoms with E-state index in [-0.39, 0.29) is 37.3 Å². The number of phenolic OH excluding ortho intramolecular Hbond substituents is 2. The molecule has 1 fully saturated rings. The van der Waals surface area contributed by atoms with Crippen LogP contribution in [0.1, 0.15) is 69.4 Å². The minimum Gasteiger partial charge on any atom is -0.508 e. The first-order chi connectivity index (χ1) is 25.3. The number of carboxylic acids is 1. The first-order valence-electron chi connectivity index (χ1n) is 18.2. The fraction of sp³-hybridized carbons (Fsp3) is 0.553. The van der Waals surface area contributed by atoms with Gasteiger partial charge in [-0.05, 0) is 61.7 Å². The third-order valence-electron chi connectivity index (χ3n) is 9.73. The van der Waals surface area contributed by atoms with Crippen molar-refractivity contribution < 1.29 is 49.5 Å². The number of aliphatic hydroxyl groups excluding tert-OH is 2. The molecule has 3 rings (SSSR count). The van der Waals surface area contributed by atoms with Crippen LogP contribution >= 0.6 is 0 Å². The maximum Gasteiger partial charge on any atom is 0.326 e. The van der Waals surface area contributed by atoms with Crippen LogP contribution in [-0.4, -0.2) is 128 Å². The number of hydrogen-bond donors (Lipinski definition) is 8. The van der Waals surface area contributed by atoms with Gasteiger partial charge in [-0.2, -0.15) is 0 Å². The van der Waals surface area contributed by atoms with E-state index in [4.69, 9.17) is 0 Å². The van der Waals surface area contributed by atoms with Crippen molar-refractivity contribution in [2.24, 2.45) is 0 Å². The number of hydrogen-bond acceptors (Lipinski definition) is 10. The van der Waals surface area contributed by atoms with E-state index in [9.17, 15) is 49.5 Å². The molecule has 15 nitrogen and oxygen atoms in total. The largest absolute Gasteiger partial charge is 0.508 e. The lowest BCUT2D eigenvalue weighted by molar-refractivity contribution is -0.150. The minimum absolute atomic E-state index is 0.00243. The van der Waals surface area contributed by atoms with Crippen LogP contribution in [0.3, 0.4) is 0 Å². The number of likely N-dealkylation sites (tertiary alicyclic amines) is 1. The van der Waals surface area contributed by atoms with Crippen molar-refractivity contribution in [3.63, 3.8) is 0 Å². The molecule has 0 saturated carbocycles. The first kappa shape index (κ1) is 42.7. The van der Waals surface area contributed by atoms with Gasteiger partial charge in [0.15, 0.2) is 0 Å². The van der Waals surface area contributed by atoms with Gasteiger partial charge in [0.05, 0.1) is 6.61 Å². The maximum atomic E-state index is 14.0. The molecule has 2 aromatic rings. The lowest BCUT2D eigenvalue weighted by Crippen LogP contribution is -2.59. The number of carbonyl (C=O) groups is 5. The molecule has 0 spiro atoms. The Bertz CT molecular complexity index is 1510. The van der Waals surface area contributed by atoms with E-state index < -0.39 is 72.5 Å². The number of carboxylic acid groups (broad SMARTS) is 1. The second-order valence-corrected chi connectivity index (χ2v) is 13.6. The lowest BCUT2D eigenvalue weighted by atomic mass is 10.0. The topological polar surface area (TPSA) is 229 Å². The summed E-state index contributed by atoms with van der Waals surface area (Å²) in [6.45, 7) is 1.46. The SMILES string of the molecule is CCCCCCC[C@H](NC)[C@@H](O)C(=O)N[C@@H](CO)C(=O)N1CCC[C@@H]1C(=O)N[C@@H](Cc1ccc(O)cc1)C(=O)N(C)[C@H](Cc1ccc(O)cc1)C(=O)O. The van der Waals surface area contributed by atoms with Gasteiger partial charge in [-0.15, -0.1) is 0 Å². The number of aromatic hydroxyl groups is 2. The van der Waals surface area contributed by atoms with Crippen LogP contribution in [0.4, 0.5) is 0 Å². The minimum atomic E-state index is -1.49. The molecule has 1 heterocycles. The van der Waals surface area contributed by atoms with Crippen LogP contribution in [0.5, 0.6) is 11.5 Å². The standard InChI is InChI=1S/C38H55N5O10/c1-4-5-6-7-8-10-28(39-2)33(47)35(49)41-30(23-44)37(51)43-20-9-11-31(43)34(48)40-29(21-24-12-16-26(45)17-13-24)36(50)42(3)32(38(52)53)22-25-14-18-27(46)19-15-25/h12-19,28-33,39,44-47H,4-11,20-23H2,1-3H3,(H,40,48)(H,41,49)(H,52,53)/t28-,29-,30-,31+,32+,33+/m0/s1. The van der Waals surface area contributed by atoms with Crippen molar-refractivity contribution in [2.75, 3.05) is 27.2 Å². The molecular weight excluding hydrogens is 686 g/mol. The number of likely N-dealkylation sites (N-methyl/N-ethyl adjacent to an activating group) is 2. The van der Waals surface area contributed by atoms with Crippen LogP contribution in [-0.2, 0) is 36.8 Å². The van der Waals surface area contributed by atoms with Crippen molar-refractivity contribution in [3.8, 4) is 11.5 Å². The molecule has 8 N–H and O–H groups in total. The van der Waals surface area contributed by atoms with Crippen LogP contribution in [0.15, 0.2) is 48.5 Å². The molecule has 0 bridgehead atoms. The molecule has 15 heteroatoms. The molecule has 0 aliphatic carbocycles. The second kappa shape index (κ2) is 21.1. The highest BCUT2D eigenvalue weighted by Crippen LogP contribution is 2.21. The average Bonchev–Trinajstić information content (AvgIpc) is 3.65. The summed E-state index contributed by atoms with van der Waals surface area (Å²) in [7, 11) is 2.95. The summed E-state index contributed by atoms with van der Waals surface area (Å²) < 4.78 is 0. The van der Waals surface area contributed by atoms with Gasteiger partial charge in [0.25, 0.3) is 5.91 Å². The number of benzene rings is 2. The Kier molecular flexibility index (Phi) is 17.0. The molecule has 1 aliphatic heterocycles. The second-order valence-electron chi connectivity index (χ2n) is 13.6. The lowest BCUT2D eigenvalue weighted by Gasteiger charge is -2.32. The van der Waals surface area contributed by atoms with E-state index in [1.165, 1.54) is 36.2 Å². The Labute approximate surface area is 310 Å². The van der Waals surface area contributed by atoms with Gasteiger partial charge in [0.2, 0.25) is 17.7 Å². The highest BCUT2D eigenvalue weighted by Gasteiger charge is 2.40. The molecule has 4 amide bonds. The van der Waals surface area contributed by atoms with Gasteiger partial charge in [0.1, 0.15) is 41.8 Å². The van der Waals surface area contributed by atoms with Gasteiger partial charge in [-0.3, -0.25) is 19.2 Å². The van der Waals surface area contributed by atoms with Crippen LogP contribution in [0, 0.1) is 0 Å². The third kappa shape index (κ3) is 12.4. The molecule has 0 unspecified atom stereocenters. The Morgan fingerprint density at radius 2 is 1.45 bits per heavy atom. The number of amides is 4. The number of rotatable bonds is 21. The summed E-state index contributed by atoms with van der Waals surface area (Å²) in [4.78, 5) is 69.1. The Morgan fingerprint density at radius 1 is 0.868 bits per heavy atom. The Morgan fingerprint density at radius 3 is 2.00 bits per heavy atom. The van der Waals surface area contributed by atoms with E-state index in [0.717, 1.165) is 37.0 Å². The quantitative estimate of drug-likeness (QED) is 0.0844. The average molecular weight is 742 g/mol. The van der Waals surface area contributed by atoms with Gasteiger partial charge in [-0.1, -0.05) is 63.3 Å². The Balaban J connectivity index is 1.76. The summed E-state index contributed by atoms with van der Waals surface area (Å²) in [5.74, 6) is -4.28. The monoisotopic (exact) mass is 741 g/mol. The molecule has 1 aliphatic rings. The van der Waals surface area contributed by atoms with E-state index >= 15 is 0 Å². The van der Waals surface area contributed by atoms with E-state index in [1.54, 1.807) is 31.3 Å². The molecule has 0 aromatic heterocycles. The highest BCUT2D eigenvalue weighted by atomic mass is 16.4. The molecule has 6 atom stereocenters. The zero-order chi connectivity index (χ0) is 39.1. The van der Waals surface area contributed by atoms with Crippen molar-refractivity contribution >= 4 is 29.6 Å². The number of phenols is 2. The zero-order valence-corrected chi connectivity index (χ0v) is 30.7. The van der Waals surface area contributed by atoms with Crippen LogP contribution < -0.4 is 16.0 Å². The number of aliphatic carboxylic acids is 1. The number of nitrogens with zero attached hydrogens (tertiary/aromatic N) is 2. The number of nitrogens with one attached hydrogen (secondary N) is 3. The number of aliphatic hydroxyl groups is 2. The van der Waals surface area contributed by atoms with E-state index in [0.29, 0.717) is 24.0 Å². The number of carbonyl (C=O) groups excluding carboxylic acids is 4. The summed E-state index contributed by atoms with van der Waals surface area (Å²) in [5, 5.41) is 58.5. The number of unbranched alkanes of at least 4 members (excludes halogenated alkanes) is 4. The van der Waals surface area contributed by atoms with Crippen molar-refractivity contribution in [1.82, 2.24) is 25.8 Å². The maximum absolute atomic E-state index is 14.0. The zero-order valence-electron chi connectivity index (χ0n) is 30.7. The van der Waals surface area contributed by atoms with Crippen molar-refractivity contribution in [3.05, 3.63) is 59.7 Å². The normalized spacial score (nSPS) is 16.9. The summed E-state index contributed by atoms with van der Waals surface area (Å²) in [5.41, 5.74) is 1.11. The van der Waals surface area contributed by atoms with Crippen LogP contribution in [0.25, 0.3) is 0 Å². The first-order valence-corrected chi connectivity index (χ1v) is 18.2. The molecule has 0 radical (unpaired) electrons. The molecule has 53 heavy (non-hydrogen) atoms. The van der Waals surface area contributed by atoms with Gasteiger partial charge < -0.3 is 51.3 Å². The van der Waals surface area contributed by atoms with Crippen LogP contribution in [0.2, 0.25) is 0 Å². The predicted molar refractivity (Wildman–Crippen MR) is 196 cm³/mol. The van der Waals surface area contributed by atoms with Gasteiger partial charge in [0, 0.05) is 32.5 Å². The van der Waals surface area contributed by atoms with E-state index in [2.05, 4.69) is 22.9 Å². The van der Waals surface area contributed by atoms with E-state index in [1.807, 2.05) is 0 Å². The predicted octanol–water partition coefficient (Wildman–Crippen LogP) is 1.06. The molecule has 1 saturated heterocycles. The summed E-state index contributed by atoms with van der Waals surface area (Å²) in [6, 6.07) is 6.16. The molecule has 292 valence electrons. The fourth-order valence-corrected chi connectivity index (χ4v) is 6.54. The van der Waals surface area contributed by atoms with Crippen molar-refractivity contribution in [1.29, 1.82) is 0 Å². The van der Waals surface area contributed by atoms with Gasteiger partial charge >= 0.3 is 5.97 Å². The van der Waals surface area contributed by atoms with Crippen molar-refractivity contribution in [2.45, 2.75) is 107 Å². The Hall–Kier alpha value is -4.73. The fourth-order valence-electron chi connectivity index (χ4n) is 6.54. The molecular formula is C38H55N5O10.